The van der Waals surface area contributed by atoms with Crippen molar-refractivity contribution in [3.8, 4) is 24.7 Å². The van der Waals surface area contributed by atoms with Gasteiger partial charge in [0.1, 0.15) is 5.69 Å². The summed E-state index contributed by atoms with van der Waals surface area (Å²) in [6, 6.07) is 0. The van der Waals surface area contributed by atoms with Crippen molar-refractivity contribution < 1.29 is 22.0 Å². The number of hydrogen-bond acceptors (Lipinski definition) is 1. The normalized spacial score (nSPS) is 9.72. The fourth-order valence-corrected chi connectivity index (χ4v) is 1.31. The third-order valence-corrected chi connectivity index (χ3v) is 2.07. The highest BCUT2D eigenvalue weighted by Gasteiger charge is 2.28. The first-order chi connectivity index (χ1) is 8.45. The van der Waals surface area contributed by atoms with E-state index in [1.54, 1.807) is 0 Å². The largest absolute Gasteiger partial charge is 0.344 e. The zero-order chi connectivity index (χ0) is 13.9. The zero-order valence-corrected chi connectivity index (χ0v) is 8.91. The minimum absolute atomic E-state index is 0.386. The summed E-state index contributed by atoms with van der Waals surface area (Å²) in [4.78, 5) is 0.705. The van der Waals surface area contributed by atoms with Crippen molar-refractivity contribution in [1.29, 1.82) is 0 Å². The number of terminal acetylenes is 2. The zero-order valence-electron chi connectivity index (χ0n) is 8.91. The van der Waals surface area contributed by atoms with E-state index in [0.717, 1.165) is 0 Å². The van der Waals surface area contributed by atoms with Crippen LogP contribution < -0.4 is 4.90 Å². The summed E-state index contributed by atoms with van der Waals surface area (Å²) in [5.41, 5.74) is -1.12. The Morgan fingerprint density at radius 2 is 1.06 bits per heavy atom. The number of nitrogens with zero attached hydrogens (tertiary/aromatic N) is 1. The van der Waals surface area contributed by atoms with Crippen molar-refractivity contribution in [3.63, 3.8) is 0 Å². The van der Waals surface area contributed by atoms with E-state index in [4.69, 9.17) is 12.8 Å². The van der Waals surface area contributed by atoms with Crippen LogP contribution in [-0.4, -0.2) is 13.1 Å². The van der Waals surface area contributed by atoms with Crippen LogP contribution in [0, 0.1) is 53.8 Å². The van der Waals surface area contributed by atoms with Crippen molar-refractivity contribution in [2.24, 2.45) is 0 Å². The Bertz CT molecular complexity index is 508. The van der Waals surface area contributed by atoms with Crippen LogP contribution in [0.3, 0.4) is 0 Å². The van der Waals surface area contributed by atoms with E-state index < -0.39 is 34.8 Å². The van der Waals surface area contributed by atoms with Gasteiger partial charge in [-0.2, -0.15) is 0 Å². The van der Waals surface area contributed by atoms with Gasteiger partial charge in [0, 0.05) is 0 Å². The molecule has 6 heteroatoms. The molecule has 18 heavy (non-hydrogen) atoms. The van der Waals surface area contributed by atoms with E-state index in [-0.39, 0.29) is 13.1 Å². The average Bonchev–Trinajstić information content (AvgIpc) is 2.35. The molecule has 1 nitrogen and oxygen atoms in total. The smallest absolute Gasteiger partial charge is 0.200 e. The highest BCUT2D eigenvalue weighted by Crippen LogP contribution is 2.29. The van der Waals surface area contributed by atoms with Gasteiger partial charge in [0.05, 0.1) is 13.1 Å². The molecule has 0 N–H and O–H groups in total. The van der Waals surface area contributed by atoms with Crippen LogP contribution in [-0.2, 0) is 0 Å². The minimum Gasteiger partial charge on any atom is -0.344 e. The second-order valence-corrected chi connectivity index (χ2v) is 3.18. The molecule has 0 aliphatic rings. The SMILES string of the molecule is C#CCN(CC#C)c1c(F)c(F)c(F)c(F)c1F. The molecule has 0 fully saturated rings. The van der Waals surface area contributed by atoms with E-state index in [1.807, 2.05) is 11.8 Å². The van der Waals surface area contributed by atoms with Crippen LogP contribution in [0.2, 0.25) is 0 Å². The van der Waals surface area contributed by atoms with Crippen LogP contribution in [0.15, 0.2) is 0 Å². The second-order valence-electron chi connectivity index (χ2n) is 3.18. The molecule has 1 rings (SSSR count). The molecule has 0 aliphatic heterocycles. The molecule has 0 unspecified atom stereocenters. The molecule has 0 saturated heterocycles. The van der Waals surface area contributed by atoms with Gasteiger partial charge in [-0.05, 0) is 0 Å². The van der Waals surface area contributed by atoms with Gasteiger partial charge in [-0.25, -0.2) is 22.0 Å². The van der Waals surface area contributed by atoms with Gasteiger partial charge in [-0.15, -0.1) is 12.8 Å². The Kier molecular flexibility index (Phi) is 4.17. The molecule has 94 valence electrons. The topological polar surface area (TPSA) is 3.24 Å². The summed E-state index contributed by atoms with van der Waals surface area (Å²) in [5, 5.41) is 0. The number of benzene rings is 1. The minimum atomic E-state index is -2.23. The molecule has 0 heterocycles. The third-order valence-electron chi connectivity index (χ3n) is 2.07. The van der Waals surface area contributed by atoms with Crippen LogP contribution in [0.4, 0.5) is 27.6 Å². The van der Waals surface area contributed by atoms with Crippen molar-refractivity contribution >= 4 is 5.69 Å². The first-order valence-electron chi connectivity index (χ1n) is 4.59. The van der Waals surface area contributed by atoms with E-state index in [9.17, 15) is 22.0 Å². The summed E-state index contributed by atoms with van der Waals surface area (Å²) in [6.45, 7) is -0.773. The molecule has 0 atom stereocenters. The maximum absolute atomic E-state index is 13.4. The molecule has 0 spiro atoms. The Balaban J connectivity index is 3.49. The van der Waals surface area contributed by atoms with Gasteiger partial charge < -0.3 is 4.90 Å². The maximum atomic E-state index is 13.4. The lowest BCUT2D eigenvalue weighted by Gasteiger charge is -2.21. The van der Waals surface area contributed by atoms with Gasteiger partial charge >= 0.3 is 0 Å². The molecule has 1 aromatic rings. The van der Waals surface area contributed by atoms with Gasteiger partial charge in [-0.3, -0.25) is 0 Å². The first-order valence-corrected chi connectivity index (χ1v) is 4.59. The summed E-state index contributed by atoms with van der Waals surface area (Å²) in [7, 11) is 0. The number of anilines is 1. The lowest BCUT2D eigenvalue weighted by Crippen LogP contribution is -2.27. The van der Waals surface area contributed by atoms with Crippen LogP contribution >= 0.6 is 0 Å². The summed E-state index contributed by atoms with van der Waals surface area (Å²) >= 11 is 0. The van der Waals surface area contributed by atoms with E-state index in [2.05, 4.69) is 0 Å². The lowest BCUT2D eigenvalue weighted by atomic mass is 10.2. The molecule has 0 aliphatic carbocycles. The lowest BCUT2D eigenvalue weighted by molar-refractivity contribution is 0.379. The predicted octanol–water partition coefficient (Wildman–Crippen LogP) is 2.45. The maximum Gasteiger partial charge on any atom is 0.200 e. The van der Waals surface area contributed by atoms with Crippen LogP contribution in [0.5, 0.6) is 0 Å². The molecule has 0 amide bonds. The third kappa shape index (κ3) is 2.23. The fourth-order valence-electron chi connectivity index (χ4n) is 1.31. The standard InChI is InChI=1S/C12H6F5N/c1-3-5-18(6-4-2)12-10(16)8(14)7(13)9(15)11(12)17/h1-2H,5-6H2. The summed E-state index contributed by atoms with van der Waals surface area (Å²) in [6.07, 6.45) is 9.87. The first kappa shape index (κ1) is 13.9. The van der Waals surface area contributed by atoms with Crippen molar-refractivity contribution in [1.82, 2.24) is 0 Å². The van der Waals surface area contributed by atoms with Crippen molar-refractivity contribution in [3.05, 3.63) is 29.1 Å². The summed E-state index contributed by atoms with van der Waals surface area (Å²) < 4.78 is 65.5. The second kappa shape index (κ2) is 5.42. The van der Waals surface area contributed by atoms with Crippen molar-refractivity contribution in [2.75, 3.05) is 18.0 Å². The Morgan fingerprint density at radius 3 is 1.39 bits per heavy atom. The van der Waals surface area contributed by atoms with E-state index in [0.29, 0.717) is 4.90 Å². The van der Waals surface area contributed by atoms with Gasteiger partial charge in [0.2, 0.25) is 5.82 Å². The quantitative estimate of drug-likeness (QED) is 0.349. The van der Waals surface area contributed by atoms with E-state index in [1.165, 1.54) is 0 Å². The molecule has 1 aromatic carbocycles. The summed E-state index contributed by atoms with van der Waals surface area (Å²) in [5.74, 6) is -6.19. The predicted molar refractivity (Wildman–Crippen MR) is 56.1 cm³/mol. The molecule has 0 bridgehead atoms. The molecular formula is C12H6F5N. The molecular weight excluding hydrogens is 253 g/mol. The Morgan fingerprint density at radius 1 is 0.722 bits per heavy atom. The van der Waals surface area contributed by atoms with E-state index >= 15 is 0 Å². The Labute approximate surface area is 100 Å². The highest BCUT2D eigenvalue weighted by molar-refractivity contribution is 5.52. The number of halogens is 5. The number of rotatable bonds is 3. The molecule has 0 saturated carbocycles. The Hall–Kier alpha value is -2.21. The van der Waals surface area contributed by atoms with Gasteiger partial charge in [0.15, 0.2) is 23.3 Å². The monoisotopic (exact) mass is 259 g/mol. The van der Waals surface area contributed by atoms with Crippen LogP contribution in [0.1, 0.15) is 0 Å². The van der Waals surface area contributed by atoms with Crippen molar-refractivity contribution in [2.45, 2.75) is 0 Å². The van der Waals surface area contributed by atoms with Crippen LogP contribution in [0.25, 0.3) is 0 Å². The highest BCUT2D eigenvalue weighted by atomic mass is 19.2. The van der Waals surface area contributed by atoms with Gasteiger partial charge in [0.25, 0.3) is 0 Å². The van der Waals surface area contributed by atoms with Gasteiger partial charge in [-0.1, -0.05) is 11.8 Å². The molecule has 0 radical (unpaired) electrons. The molecule has 0 aromatic heterocycles. The number of hydrogen-bond donors (Lipinski definition) is 0. The fraction of sp³-hybridized carbons (Fsp3) is 0.167. The average molecular weight is 259 g/mol.